The highest BCUT2D eigenvalue weighted by atomic mass is 35.5. The zero-order valence-electron chi connectivity index (χ0n) is 8.47. The lowest BCUT2D eigenvalue weighted by molar-refractivity contribution is 0.929. The molecule has 2 aromatic heterocycles. The lowest BCUT2D eigenvalue weighted by Gasteiger charge is -2.03. The van der Waals surface area contributed by atoms with Crippen LogP contribution in [0.5, 0.6) is 0 Å². The molecule has 80 valence electrons. The fraction of sp³-hybridized carbons (Fsp3) is 0.273. The Hall–Kier alpha value is -1.55. The third-order valence-corrected chi connectivity index (χ3v) is 2.70. The molecule has 0 saturated heterocycles. The molecule has 4 nitrogen and oxygen atoms in total. The zero-order valence-corrected chi connectivity index (χ0v) is 9.22. The van der Waals surface area contributed by atoms with E-state index in [0.29, 0.717) is 11.1 Å². The molecule has 1 aliphatic rings. The number of rotatable bonds is 2. The van der Waals surface area contributed by atoms with E-state index >= 15 is 0 Å². The predicted octanol–water partition coefficient (Wildman–Crippen LogP) is 2.46. The first kappa shape index (κ1) is 9.66. The summed E-state index contributed by atoms with van der Waals surface area (Å²) in [7, 11) is 0. The zero-order chi connectivity index (χ0) is 11.0. The Morgan fingerprint density at radius 1 is 1.12 bits per heavy atom. The highest BCUT2D eigenvalue weighted by molar-refractivity contribution is 6.29. The summed E-state index contributed by atoms with van der Waals surface area (Å²) in [6.07, 6.45) is 7.26. The van der Waals surface area contributed by atoms with Crippen LogP contribution in [0.25, 0.3) is 11.3 Å². The topological polar surface area (TPSA) is 51.6 Å². The van der Waals surface area contributed by atoms with Gasteiger partial charge in [0.25, 0.3) is 0 Å². The van der Waals surface area contributed by atoms with Crippen molar-refractivity contribution in [3.05, 3.63) is 35.8 Å². The highest BCUT2D eigenvalue weighted by Gasteiger charge is 2.27. The van der Waals surface area contributed by atoms with Crippen LogP contribution in [0.15, 0.2) is 24.8 Å². The first-order valence-corrected chi connectivity index (χ1v) is 5.50. The maximum Gasteiger partial charge on any atom is 0.133 e. The Morgan fingerprint density at radius 2 is 1.88 bits per heavy atom. The van der Waals surface area contributed by atoms with Crippen molar-refractivity contribution in [3.8, 4) is 11.3 Å². The third-order valence-electron chi connectivity index (χ3n) is 2.51. The van der Waals surface area contributed by atoms with Crippen LogP contribution in [0.4, 0.5) is 0 Å². The molecule has 0 aliphatic heterocycles. The molecule has 2 heterocycles. The van der Waals surface area contributed by atoms with Crippen LogP contribution in [0.1, 0.15) is 24.6 Å². The van der Waals surface area contributed by atoms with Crippen molar-refractivity contribution in [1.29, 1.82) is 0 Å². The first-order valence-electron chi connectivity index (χ1n) is 5.13. The minimum atomic E-state index is 0.482. The van der Waals surface area contributed by atoms with E-state index < -0.39 is 0 Å². The van der Waals surface area contributed by atoms with E-state index in [-0.39, 0.29) is 0 Å². The van der Waals surface area contributed by atoms with Crippen molar-refractivity contribution in [2.75, 3.05) is 0 Å². The lowest BCUT2D eigenvalue weighted by atomic mass is 10.2. The van der Waals surface area contributed by atoms with Gasteiger partial charge in [0.1, 0.15) is 17.3 Å². The third kappa shape index (κ3) is 1.88. The Bertz CT molecular complexity index is 511. The van der Waals surface area contributed by atoms with Gasteiger partial charge >= 0.3 is 0 Å². The van der Waals surface area contributed by atoms with Crippen molar-refractivity contribution in [2.45, 2.75) is 18.8 Å². The number of hydrogen-bond donors (Lipinski definition) is 0. The summed E-state index contributed by atoms with van der Waals surface area (Å²) in [5.74, 6) is 1.33. The van der Waals surface area contributed by atoms with Gasteiger partial charge in [0, 0.05) is 29.9 Å². The van der Waals surface area contributed by atoms with Crippen LogP contribution < -0.4 is 0 Å². The fourth-order valence-corrected chi connectivity index (χ4v) is 1.73. The normalized spacial score (nSPS) is 15.1. The number of halogens is 1. The second kappa shape index (κ2) is 3.79. The average molecular weight is 233 g/mol. The highest BCUT2D eigenvalue weighted by Crippen LogP contribution is 2.39. The summed E-state index contributed by atoms with van der Waals surface area (Å²) >= 11 is 5.98. The van der Waals surface area contributed by atoms with Crippen molar-refractivity contribution < 1.29 is 0 Å². The van der Waals surface area contributed by atoms with Gasteiger partial charge in [-0.3, -0.25) is 0 Å². The van der Waals surface area contributed by atoms with Gasteiger partial charge in [0.15, 0.2) is 0 Å². The predicted molar refractivity (Wildman–Crippen MR) is 60.0 cm³/mol. The van der Waals surface area contributed by atoms with E-state index in [1.807, 2.05) is 0 Å². The number of hydrogen-bond acceptors (Lipinski definition) is 4. The Labute approximate surface area is 97.8 Å². The van der Waals surface area contributed by atoms with E-state index in [1.54, 1.807) is 18.5 Å². The van der Waals surface area contributed by atoms with Gasteiger partial charge in [0.05, 0.1) is 5.69 Å². The van der Waals surface area contributed by atoms with Crippen LogP contribution in [-0.2, 0) is 0 Å². The molecule has 5 heteroatoms. The smallest absolute Gasteiger partial charge is 0.133 e. The molecular formula is C11H9ClN4. The summed E-state index contributed by atoms with van der Waals surface area (Å²) in [6, 6.07) is 1.74. The summed E-state index contributed by atoms with van der Waals surface area (Å²) in [5, 5.41) is 0.482. The van der Waals surface area contributed by atoms with Gasteiger partial charge in [-0.2, -0.15) is 0 Å². The molecule has 0 atom stereocenters. The molecule has 2 aromatic rings. The summed E-state index contributed by atoms with van der Waals surface area (Å²) in [5.41, 5.74) is 1.66. The van der Waals surface area contributed by atoms with E-state index in [0.717, 1.165) is 29.9 Å². The van der Waals surface area contributed by atoms with Gasteiger partial charge in [-0.15, -0.1) is 0 Å². The molecular weight excluding hydrogens is 224 g/mol. The van der Waals surface area contributed by atoms with E-state index in [9.17, 15) is 0 Å². The van der Waals surface area contributed by atoms with Crippen LogP contribution in [0, 0.1) is 0 Å². The largest absolute Gasteiger partial charge is 0.244 e. The number of nitrogens with zero attached hydrogens (tertiary/aromatic N) is 4. The Morgan fingerprint density at radius 3 is 2.56 bits per heavy atom. The molecule has 0 aromatic carbocycles. The molecule has 1 saturated carbocycles. The molecule has 0 spiro atoms. The summed E-state index contributed by atoms with van der Waals surface area (Å²) in [4.78, 5) is 16.7. The Balaban J connectivity index is 2.06. The van der Waals surface area contributed by atoms with Gasteiger partial charge in [-0.05, 0) is 12.8 Å². The summed E-state index contributed by atoms with van der Waals surface area (Å²) in [6.45, 7) is 0. The van der Waals surface area contributed by atoms with Crippen molar-refractivity contribution >= 4 is 11.6 Å². The van der Waals surface area contributed by atoms with Crippen molar-refractivity contribution in [2.24, 2.45) is 0 Å². The molecule has 0 unspecified atom stereocenters. The van der Waals surface area contributed by atoms with Gasteiger partial charge in [0.2, 0.25) is 0 Å². The van der Waals surface area contributed by atoms with Gasteiger partial charge < -0.3 is 0 Å². The van der Waals surface area contributed by atoms with Crippen LogP contribution in [0.3, 0.4) is 0 Å². The summed E-state index contributed by atoms with van der Waals surface area (Å²) < 4.78 is 0. The fourth-order valence-electron chi connectivity index (χ4n) is 1.54. The van der Waals surface area contributed by atoms with Crippen molar-refractivity contribution in [3.63, 3.8) is 0 Å². The van der Waals surface area contributed by atoms with E-state index in [4.69, 9.17) is 11.6 Å². The molecule has 3 rings (SSSR count). The van der Waals surface area contributed by atoms with Gasteiger partial charge in [-0.1, -0.05) is 11.6 Å². The van der Waals surface area contributed by atoms with Crippen LogP contribution in [0.2, 0.25) is 5.15 Å². The first-order chi connectivity index (χ1) is 7.83. The van der Waals surface area contributed by atoms with Crippen LogP contribution >= 0.6 is 11.6 Å². The lowest BCUT2D eigenvalue weighted by Crippen LogP contribution is -1.96. The van der Waals surface area contributed by atoms with E-state index in [2.05, 4.69) is 19.9 Å². The molecule has 16 heavy (non-hydrogen) atoms. The quantitative estimate of drug-likeness (QED) is 0.747. The second-order valence-corrected chi connectivity index (χ2v) is 4.22. The van der Waals surface area contributed by atoms with Crippen LogP contribution in [-0.4, -0.2) is 19.9 Å². The number of aromatic nitrogens is 4. The maximum atomic E-state index is 5.98. The second-order valence-electron chi connectivity index (χ2n) is 3.84. The molecule has 0 bridgehead atoms. The Kier molecular flexibility index (Phi) is 2.29. The van der Waals surface area contributed by atoms with Gasteiger partial charge in [-0.25, -0.2) is 19.9 Å². The minimum Gasteiger partial charge on any atom is -0.244 e. The average Bonchev–Trinajstić information content (AvgIpc) is 3.13. The standard InChI is InChI=1S/C11H9ClN4/c12-10-3-9(8-4-13-6-14-5-8)15-11(16-10)7-1-2-7/h3-7H,1-2H2. The SMILES string of the molecule is Clc1cc(-c2cncnc2)nc(C2CC2)n1. The molecule has 0 N–H and O–H groups in total. The molecule has 0 amide bonds. The van der Waals surface area contributed by atoms with E-state index in [1.165, 1.54) is 6.33 Å². The molecule has 1 fully saturated rings. The maximum absolute atomic E-state index is 5.98. The molecule has 1 aliphatic carbocycles. The molecule has 0 radical (unpaired) electrons. The van der Waals surface area contributed by atoms with Crippen molar-refractivity contribution in [1.82, 2.24) is 19.9 Å². The monoisotopic (exact) mass is 232 g/mol. The minimum absolute atomic E-state index is 0.482.